The smallest absolute Gasteiger partial charge is 0.264 e. The van der Waals surface area contributed by atoms with Crippen LogP contribution in [0.2, 0.25) is 0 Å². The minimum absolute atomic E-state index is 0.0140. The second-order valence-corrected chi connectivity index (χ2v) is 5.95. The first-order valence-electron chi connectivity index (χ1n) is 6.40. The number of anilines is 1. The van der Waals surface area contributed by atoms with Crippen molar-refractivity contribution in [3.8, 4) is 0 Å². The number of carbonyl (C=O) groups excluding carboxylic acids is 1. The molecular weight excluding hydrogens is 260 g/mol. The van der Waals surface area contributed by atoms with Crippen molar-refractivity contribution in [1.29, 1.82) is 0 Å². The lowest BCUT2D eigenvalue weighted by atomic mass is 10.2. The molecular formula is C14H16N2O2S. The summed E-state index contributed by atoms with van der Waals surface area (Å²) in [7, 11) is 0. The molecule has 0 atom stereocenters. The van der Waals surface area contributed by atoms with Gasteiger partial charge in [-0.2, -0.15) is 0 Å². The molecule has 19 heavy (non-hydrogen) atoms. The third-order valence-corrected chi connectivity index (χ3v) is 4.44. The number of amides is 1. The van der Waals surface area contributed by atoms with Crippen LogP contribution in [0.15, 0.2) is 24.3 Å². The highest BCUT2D eigenvalue weighted by atomic mass is 32.1. The summed E-state index contributed by atoms with van der Waals surface area (Å²) in [6.45, 7) is 0.431. The van der Waals surface area contributed by atoms with Crippen LogP contribution in [0.4, 0.5) is 5.69 Å². The molecule has 1 saturated carbocycles. The number of hydrogen-bond donors (Lipinski definition) is 2. The molecule has 1 fully saturated rings. The van der Waals surface area contributed by atoms with E-state index in [4.69, 9.17) is 10.8 Å². The molecule has 0 aliphatic heterocycles. The third kappa shape index (κ3) is 2.43. The Labute approximate surface area is 115 Å². The molecule has 4 nitrogen and oxygen atoms in total. The molecule has 1 amide bonds. The number of nitrogens with zero attached hydrogens (tertiary/aromatic N) is 1. The van der Waals surface area contributed by atoms with Gasteiger partial charge < -0.3 is 15.7 Å². The monoisotopic (exact) mass is 276 g/mol. The third-order valence-electron chi connectivity index (χ3n) is 3.34. The van der Waals surface area contributed by atoms with Gasteiger partial charge in [-0.05, 0) is 42.5 Å². The van der Waals surface area contributed by atoms with Crippen molar-refractivity contribution in [1.82, 2.24) is 4.90 Å². The number of aliphatic hydroxyl groups excluding tert-OH is 1. The first kappa shape index (κ1) is 12.4. The Bertz CT molecular complexity index is 619. The highest BCUT2D eigenvalue weighted by molar-refractivity contribution is 7.20. The number of hydrogen-bond acceptors (Lipinski definition) is 4. The molecule has 3 rings (SSSR count). The molecule has 3 N–H and O–H groups in total. The highest BCUT2D eigenvalue weighted by Gasteiger charge is 2.33. The molecule has 0 radical (unpaired) electrons. The topological polar surface area (TPSA) is 66.6 Å². The molecule has 2 aromatic rings. The van der Waals surface area contributed by atoms with Crippen molar-refractivity contribution in [3.05, 3.63) is 29.1 Å². The van der Waals surface area contributed by atoms with Crippen LogP contribution in [0.25, 0.3) is 10.1 Å². The number of aliphatic hydroxyl groups is 1. The minimum atomic E-state index is 0.0140. The summed E-state index contributed by atoms with van der Waals surface area (Å²) < 4.78 is 1.07. The second kappa shape index (κ2) is 4.83. The maximum Gasteiger partial charge on any atom is 0.264 e. The van der Waals surface area contributed by atoms with Crippen molar-refractivity contribution in [2.45, 2.75) is 18.9 Å². The summed E-state index contributed by atoms with van der Waals surface area (Å²) >= 11 is 1.49. The van der Waals surface area contributed by atoms with E-state index in [9.17, 15) is 4.79 Å². The molecule has 0 unspecified atom stereocenters. The average molecular weight is 276 g/mol. The van der Waals surface area contributed by atoms with E-state index >= 15 is 0 Å². The van der Waals surface area contributed by atoms with Gasteiger partial charge >= 0.3 is 0 Å². The van der Waals surface area contributed by atoms with Crippen LogP contribution in [0.3, 0.4) is 0 Å². The minimum Gasteiger partial charge on any atom is -0.399 e. The molecule has 5 heteroatoms. The van der Waals surface area contributed by atoms with Crippen LogP contribution in [0.5, 0.6) is 0 Å². The summed E-state index contributed by atoms with van der Waals surface area (Å²) in [5, 5.41) is 10.1. The fraction of sp³-hybridized carbons (Fsp3) is 0.357. The summed E-state index contributed by atoms with van der Waals surface area (Å²) in [5.74, 6) is 0.0244. The zero-order valence-corrected chi connectivity index (χ0v) is 11.3. The van der Waals surface area contributed by atoms with E-state index in [0.717, 1.165) is 27.8 Å². The van der Waals surface area contributed by atoms with Crippen molar-refractivity contribution in [2.75, 3.05) is 18.9 Å². The Morgan fingerprint density at radius 3 is 2.89 bits per heavy atom. The molecule has 1 aliphatic carbocycles. The average Bonchev–Trinajstić information content (AvgIpc) is 3.14. The first-order chi connectivity index (χ1) is 9.19. The Balaban J connectivity index is 1.91. The van der Waals surface area contributed by atoms with Crippen LogP contribution in [-0.4, -0.2) is 35.1 Å². The number of thiophene rings is 1. The van der Waals surface area contributed by atoms with Gasteiger partial charge in [0.2, 0.25) is 0 Å². The number of nitrogens with two attached hydrogens (primary N) is 1. The zero-order chi connectivity index (χ0) is 13.4. The van der Waals surface area contributed by atoms with Gasteiger partial charge in [-0.15, -0.1) is 11.3 Å². The van der Waals surface area contributed by atoms with Gasteiger partial charge in [0.25, 0.3) is 5.91 Å². The number of carbonyl (C=O) groups is 1. The Kier molecular flexibility index (Phi) is 3.16. The SMILES string of the molecule is Nc1ccc2sc(C(=O)N(CCO)C3CC3)cc2c1. The van der Waals surface area contributed by atoms with E-state index in [1.807, 2.05) is 24.3 Å². The van der Waals surface area contributed by atoms with Gasteiger partial charge in [0.15, 0.2) is 0 Å². The van der Waals surface area contributed by atoms with Gasteiger partial charge in [0, 0.05) is 23.0 Å². The fourth-order valence-corrected chi connectivity index (χ4v) is 3.25. The van der Waals surface area contributed by atoms with Gasteiger partial charge in [0.1, 0.15) is 0 Å². The predicted molar refractivity (Wildman–Crippen MR) is 77.4 cm³/mol. The molecule has 1 heterocycles. The van der Waals surface area contributed by atoms with E-state index in [1.165, 1.54) is 11.3 Å². The van der Waals surface area contributed by atoms with Gasteiger partial charge in [-0.25, -0.2) is 0 Å². The van der Waals surface area contributed by atoms with E-state index in [0.29, 0.717) is 18.3 Å². The number of nitrogen functional groups attached to an aromatic ring is 1. The maximum atomic E-state index is 12.5. The highest BCUT2D eigenvalue weighted by Crippen LogP contribution is 2.32. The first-order valence-corrected chi connectivity index (χ1v) is 7.21. The van der Waals surface area contributed by atoms with Crippen LogP contribution >= 0.6 is 11.3 Å². The second-order valence-electron chi connectivity index (χ2n) is 4.86. The number of fused-ring (bicyclic) bond motifs is 1. The quantitative estimate of drug-likeness (QED) is 0.840. The van der Waals surface area contributed by atoms with Gasteiger partial charge in [-0.1, -0.05) is 0 Å². The molecule has 100 valence electrons. The summed E-state index contributed by atoms with van der Waals surface area (Å²) in [6.07, 6.45) is 2.09. The van der Waals surface area contributed by atoms with Crippen LogP contribution in [0.1, 0.15) is 22.5 Å². The lowest BCUT2D eigenvalue weighted by Crippen LogP contribution is -2.34. The van der Waals surface area contributed by atoms with Gasteiger partial charge in [0.05, 0.1) is 11.5 Å². The van der Waals surface area contributed by atoms with Crippen LogP contribution in [-0.2, 0) is 0 Å². The van der Waals surface area contributed by atoms with Crippen molar-refractivity contribution >= 4 is 33.0 Å². The lowest BCUT2D eigenvalue weighted by molar-refractivity contribution is 0.0712. The Hall–Kier alpha value is -1.59. The molecule has 0 saturated heterocycles. The summed E-state index contributed by atoms with van der Waals surface area (Å²) in [4.78, 5) is 15.0. The summed E-state index contributed by atoms with van der Waals surface area (Å²) in [5.41, 5.74) is 6.46. The van der Waals surface area contributed by atoms with E-state index in [1.54, 1.807) is 4.90 Å². The van der Waals surface area contributed by atoms with Crippen molar-refractivity contribution < 1.29 is 9.90 Å². The van der Waals surface area contributed by atoms with Crippen molar-refractivity contribution in [2.24, 2.45) is 0 Å². The summed E-state index contributed by atoms with van der Waals surface area (Å²) in [6, 6.07) is 7.88. The molecule has 1 aliphatic rings. The fourth-order valence-electron chi connectivity index (χ4n) is 2.25. The largest absolute Gasteiger partial charge is 0.399 e. The van der Waals surface area contributed by atoms with Crippen LogP contribution < -0.4 is 5.73 Å². The van der Waals surface area contributed by atoms with E-state index < -0.39 is 0 Å². The Morgan fingerprint density at radius 2 is 2.21 bits per heavy atom. The Morgan fingerprint density at radius 1 is 1.42 bits per heavy atom. The normalized spacial score (nSPS) is 14.8. The van der Waals surface area contributed by atoms with E-state index in [2.05, 4.69) is 0 Å². The molecule has 0 spiro atoms. The van der Waals surface area contributed by atoms with Gasteiger partial charge in [-0.3, -0.25) is 4.79 Å². The number of rotatable bonds is 4. The lowest BCUT2D eigenvalue weighted by Gasteiger charge is -2.20. The van der Waals surface area contributed by atoms with Crippen LogP contribution in [0, 0.1) is 0 Å². The molecule has 1 aromatic carbocycles. The zero-order valence-electron chi connectivity index (χ0n) is 10.5. The maximum absolute atomic E-state index is 12.5. The predicted octanol–water partition coefficient (Wildman–Crippen LogP) is 2.08. The molecule has 0 bridgehead atoms. The standard InChI is InChI=1S/C14H16N2O2S/c15-10-1-4-12-9(7-10)8-13(19-12)14(18)16(5-6-17)11-2-3-11/h1,4,7-8,11,17H,2-3,5-6,15H2. The van der Waals surface area contributed by atoms with E-state index in [-0.39, 0.29) is 12.5 Å². The molecule has 1 aromatic heterocycles. The van der Waals surface area contributed by atoms with Crippen molar-refractivity contribution in [3.63, 3.8) is 0 Å². The number of benzene rings is 1.